The zero-order valence-electron chi connectivity index (χ0n) is 12.5. The molecule has 1 heterocycles. The largest absolute Gasteiger partial charge is 0.490 e. The van der Waals surface area contributed by atoms with Gasteiger partial charge in [0.15, 0.2) is 11.5 Å². The molecule has 0 aliphatic rings. The van der Waals surface area contributed by atoms with E-state index in [1.54, 1.807) is 6.20 Å². The molecule has 2 aromatic rings. The maximum Gasteiger partial charge on any atom is 0.164 e. The number of nitrogens with two attached hydrogens (primary N) is 1. The van der Waals surface area contributed by atoms with Gasteiger partial charge in [-0.1, -0.05) is 12.1 Å². The molecule has 0 bridgehead atoms. The van der Waals surface area contributed by atoms with Gasteiger partial charge >= 0.3 is 0 Å². The molecule has 2 N–H and O–H groups in total. The van der Waals surface area contributed by atoms with E-state index in [1.807, 2.05) is 42.2 Å². The minimum absolute atomic E-state index is 0.598. The summed E-state index contributed by atoms with van der Waals surface area (Å²) in [5.74, 6) is 1.63. The summed E-state index contributed by atoms with van der Waals surface area (Å²) < 4.78 is 13.6. The Bertz CT molecular complexity index is 502. The summed E-state index contributed by atoms with van der Waals surface area (Å²) in [5.41, 5.74) is 6.77. The van der Waals surface area contributed by atoms with Crippen LogP contribution in [-0.4, -0.2) is 29.3 Å². The number of rotatable bonds is 9. The molecule has 1 aromatic heterocycles. The highest BCUT2D eigenvalue weighted by molar-refractivity contribution is 5.46. The Balaban J connectivity index is 1.95. The minimum atomic E-state index is 0.598. The van der Waals surface area contributed by atoms with Gasteiger partial charge in [0.05, 0.1) is 19.5 Å². The van der Waals surface area contributed by atoms with Gasteiger partial charge in [0, 0.05) is 18.9 Å². The van der Waals surface area contributed by atoms with E-state index in [1.165, 1.54) is 0 Å². The first-order chi connectivity index (χ1) is 10.3. The molecule has 0 radical (unpaired) electrons. The third kappa shape index (κ3) is 4.49. The highest BCUT2D eigenvalue weighted by Gasteiger charge is 2.10. The minimum Gasteiger partial charge on any atom is -0.490 e. The van der Waals surface area contributed by atoms with Crippen LogP contribution in [0.4, 0.5) is 0 Å². The molecule has 0 saturated carbocycles. The molecule has 2 rings (SSSR count). The molecule has 0 saturated heterocycles. The van der Waals surface area contributed by atoms with E-state index in [2.05, 4.69) is 4.98 Å². The Labute approximate surface area is 125 Å². The van der Waals surface area contributed by atoms with Gasteiger partial charge in [-0.15, -0.1) is 0 Å². The quantitative estimate of drug-likeness (QED) is 0.719. The number of nitrogens with zero attached hydrogens (tertiary/aromatic N) is 2. The number of ether oxygens (including phenoxy) is 2. The van der Waals surface area contributed by atoms with E-state index in [4.69, 9.17) is 15.2 Å². The van der Waals surface area contributed by atoms with Gasteiger partial charge in [0.1, 0.15) is 0 Å². The van der Waals surface area contributed by atoms with Crippen LogP contribution in [0.3, 0.4) is 0 Å². The van der Waals surface area contributed by atoms with Crippen LogP contribution in [0.25, 0.3) is 0 Å². The van der Waals surface area contributed by atoms with Crippen molar-refractivity contribution in [2.24, 2.45) is 5.73 Å². The van der Waals surface area contributed by atoms with Crippen LogP contribution in [0.5, 0.6) is 11.5 Å². The molecule has 5 nitrogen and oxygen atoms in total. The topological polar surface area (TPSA) is 62.3 Å². The third-order valence-corrected chi connectivity index (χ3v) is 3.14. The first-order valence-electron chi connectivity index (χ1n) is 7.38. The second kappa shape index (κ2) is 8.32. The average Bonchev–Trinajstić information content (AvgIpc) is 2.99. The Hall–Kier alpha value is -2.01. The number of para-hydroxylation sites is 1. The second-order valence-corrected chi connectivity index (χ2v) is 4.72. The number of aryl methyl sites for hydroxylation is 1. The van der Waals surface area contributed by atoms with Crippen molar-refractivity contribution < 1.29 is 9.47 Å². The smallest absolute Gasteiger partial charge is 0.164 e. The summed E-state index contributed by atoms with van der Waals surface area (Å²) in [6.45, 7) is 4.72. The molecular weight excluding hydrogens is 266 g/mol. The van der Waals surface area contributed by atoms with Gasteiger partial charge in [-0.25, -0.2) is 4.98 Å². The van der Waals surface area contributed by atoms with Crippen LogP contribution in [0.15, 0.2) is 36.9 Å². The Morgan fingerprint density at radius 3 is 2.90 bits per heavy atom. The standard InChI is InChI=1S/C16H23N3O2/c1-2-20-15-6-3-5-14(7-8-17)16(15)21-12-4-10-19-11-9-18-13-19/h3,5-6,9,11,13H,2,4,7-8,10,12,17H2,1H3. The molecule has 0 fully saturated rings. The summed E-state index contributed by atoms with van der Waals surface area (Å²) in [5, 5.41) is 0. The van der Waals surface area contributed by atoms with Gasteiger partial charge < -0.3 is 19.8 Å². The number of hydrogen-bond donors (Lipinski definition) is 1. The highest BCUT2D eigenvalue weighted by atomic mass is 16.5. The predicted octanol–water partition coefficient (Wildman–Crippen LogP) is 2.25. The Morgan fingerprint density at radius 2 is 2.19 bits per heavy atom. The normalized spacial score (nSPS) is 10.6. The lowest BCUT2D eigenvalue weighted by molar-refractivity contribution is 0.266. The Kier molecular flexibility index (Phi) is 6.09. The first kappa shape index (κ1) is 15.4. The molecule has 0 aliphatic heterocycles. The fourth-order valence-corrected chi connectivity index (χ4v) is 2.19. The van der Waals surface area contributed by atoms with Crippen molar-refractivity contribution in [1.29, 1.82) is 0 Å². The predicted molar refractivity (Wildman–Crippen MR) is 82.7 cm³/mol. The summed E-state index contributed by atoms with van der Waals surface area (Å²) in [4.78, 5) is 4.02. The van der Waals surface area contributed by atoms with E-state index >= 15 is 0 Å². The van der Waals surface area contributed by atoms with Crippen molar-refractivity contribution in [3.63, 3.8) is 0 Å². The van der Waals surface area contributed by atoms with Crippen molar-refractivity contribution in [1.82, 2.24) is 9.55 Å². The monoisotopic (exact) mass is 289 g/mol. The van der Waals surface area contributed by atoms with Crippen molar-refractivity contribution >= 4 is 0 Å². The second-order valence-electron chi connectivity index (χ2n) is 4.72. The molecular formula is C16H23N3O2. The van der Waals surface area contributed by atoms with Crippen LogP contribution < -0.4 is 15.2 Å². The summed E-state index contributed by atoms with van der Waals surface area (Å²) in [6, 6.07) is 5.96. The zero-order valence-corrected chi connectivity index (χ0v) is 12.5. The van der Waals surface area contributed by atoms with Crippen LogP contribution in [0.2, 0.25) is 0 Å². The van der Waals surface area contributed by atoms with E-state index in [-0.39, 0.29) is 0 Å². The third-order valence-electron chi connectivity index (χ3n) is 3.14. The van der Waals surface area contributed by atoms with Gasteiger partial charge in [0.2, 0.25) is 0 Å². The lowest BCUT2D eigenvalue weighted by Gasteiger charge is -2.15. The van der Waals surface area contributed by atoms with Crippen LogP contribution in [0.1, 0.15) is 18.9 Å². The fraction of sp³-hybridized carbons (Fsp3) is 0.438. The van der Waals surface area contributed by atoms with E-state index < -0.39 is 0 Å². The number of aromatic nitrogens is 2. The summed E-state index contributed by atoms with van der Waals surface area (Å²) >= 11 is 0. The van der Waals surface area contributed by atoms with Crippen LogP contribution in [-0.2, 0) is 13.0 Å². The van der Waals surface area contributed by atoms with Crippen LogP contribution >= 0.6 is 0 Å². The van der Waals surface area contributed by atoms with E-state index in [0.717, 1.165) is 36.4 Å². The van der Waals surface area contributed by atoms with Crippen molar-refractivity contribution in [2.75, 3.05) is 19.8 Å². The lowest BCUT2D eigenvalue weighted by Crippen LogP contribution is -2.09. The molecule has 114 valence electrons. The number of benzene rings is 1. The zero-order chi connectivity index (χ0) is 14.9. The molecule has 0 atom stereocenters. The van der Waals surface area contributed by atoms with Gasteiger partial charge in [-0.2, -0.15) is 0 Å². The molecule has 1 aromatic carbocycles. The molecule has 0 amide bonds. The molecule has 21 heavy (non-hydrogen) atoms. The summed E-state index contributed by atoms with van der Waals surface area (Å²) in [7, 11) is 0. The highest BCUT2D eigenvalue weighted by Crippen LogP contribution is 2.31. The number of hydrogen-bond acceptors (Lipinski definition) is 4. The van der Waals surface area contributed by atoms with Crippen LogP contribution in [0, 0.1) is 0 Å². The molecule has 0 spiro atoms. The molecule has 0 aliphatic carbocycles. The maximum absolute atomic E-state index is 5.96. The number of imidazole rings is 1. The first-order valence-corrected chi connectivity index (χ1v) is 7.38. The van der Waals surface area contributed by atoms with Crippen molar-refractivity contribution in [2.45, 2.75) is 26.3 Å². The van der Waals surface area contributed by atoms with Gasteiger partial charge in [-0.3, -0.25) is 0 Å². The fourth-order valence-electron chi connectivity index (χ4n) is 2.19. The lowest BCUT2D eigenvalue weighted by atomic mass is 10.1. The Morgan fingerprint density at radius 1 is 1.29 bits per heavy atom. The molecule has 0 unspecified atom stereocenters. The van der Waals surface area contributed by atoms with E-state index in [0.29, 0.717) is 19.8 Å². The van der Waals surface area contributed by atoms with Crippen molar-refractivity contribution in [3.05, 3.63) is 42.5 Å². The SMILES string of the molecule is CCOc1cccc(CCN)c1OCCCn1ccnc1. The van der Waals surface area contributed by atoms with Gasteiger partial charge in [-0.05, 0) is 37.9 Å². The van der Waals surface area contributed by atoms with Crippen molar-refractivity contribution in [3.8, 4) is 11.5 Å². The average molecular weight is 289 g/mol. The summed E-state index contributed by atoms with van der Waals surface area (Å²) in [6.07, 6.45) is 7.25. The van der Waals surface area contributed by atoms with E-state index in [9.17, 15) is 0 Å². The molecule has 5 heteroatoms. The maximum atomic E-state index is 5.96. The van der Waals surface area contributed by atoms with Gasteiger partial charge in [0.25, 0.3) is 0 Å².